The van der Waals surface area contributed by atoms with Crippen molar-refractivity contribution in [3.63, 3.8) is 0 Å². The molecule has 0 spiro atoms. The number of hydrogen-bond donors (Lipinski definition) is 1. The van der Waals surface area contributed by atoms with Crippen molar-refractivity contribution >= 4 is 23.8 Å². The minimum atomic E-state index is -0.476. The van der Waals surface area contributed by atoms with Crippen LogP contribution in [0.25, 0.3) is 6.08 Å². The molecule has 0 aliphatic rings. The van der Waals surface area contributed by atoms with Gasteiger partial charge in [-0.25, -0.2) is 4.79 Å². The van der Waals surface area contributed by atoms with Gasteiger partial charge in [-0.1, -0.05) is 42.0 Å². The second-order valence-electron chi connectivity index (χ2n) is 4.81. The summed E-state index contributed by atoms with van der Waals surface area (Å²) in [5, 5.41) is 3.32. The Morgan fingerprint density at radius 1 is 1.39 bits per heavy atom. The minimum Gasteiger partial charge on any atom is -0.444 e. The fraction of sp³-hybridized carbons (Fsp3) is 0.357. The zero-order valence-electron chi connectivity index (χ0n) is 10.9. The molecule has 1 N–H and O–H groups in total. The number of ether oxygens (including phenoxy) is 1. The van der Waals surface area contributed by atoms with Crippen LogP contribution >= 0.6 is 11.6 Å². The highest BCUT2D eigenvalue weighted by Gasteiger charge is 2.14. The predicted molar refractivity (Wildman–Crippen MR) is 74.7 cm³/mol. The van der Waals surface area contributed by atoms with Crippen molar-refractivity contribution in [3.8, 4) is 0 Å². The topological polar surface area (TPSA) is 38.3 Å². The molecule has 3 nitrogen and oxygen atoms in total. The van der Waals surface area contributed by atoms with Crippen LogP contribution in [0.1, 0.15) is 26.3 Å². The molecule has 0 saturated heterocycles. The van der Waals surface area contributed by atoms with Crippen LogP contribution < -0.4 is 5.32 Å². The molecule has 0 saturated carbocycles. The Morgan fingerprint density at radius 2 is 2.06 bits per heavy atom. The average Bonchev–Trinajstić information content (AvgIpc) is 2.24. The van der Waals surface area contributed by atoms with Crippen molar-refractivity contribution in [2.75, 3.05) is 6.54 Å². The van der Waals surface area contributed by atoms with Gasteiger partial charge < -0.3 is 10.1 Å². The van der Waals surface area contributed by atoms with Crippen molar-refractivity contribution in [2.45, 2.75) is 26.4 Å². The van der Waals surface area contributed by atoms with Gasteiger partial charge in [0.2, 0.25) is 0 Å². The SMILES string of the molecule is CC(C)(C)OC(=O)NC/C=C/c1ccccc1Cl. The van der Waals surface area contributed by atoms with Crippen molar-refractivity contribution < 1.29 is 9.53 Å². The largest absolute Gasteiger partial charge is 0.444 e. The fourth-order valence-electron chi connectivity index (χ4n) is 1.25. The van der Waals surface area contributed by atoms with Crippen LogP contribution in [-0.2, 0) is 4.74 Å². The summed E-state index contributed by atoms with van der Waals surface area (Å²) < 4.78 is 5.10. The second-order valence-corrected chi connectivity index (χ2v) is 5.21. The standard InChI is InChI=1S/C14H18ClNO2/c1-14(2,3)18-13(17)16-10-6-8-11-7-4-5-9-12(11)15/h4-9H,10H2,1-3H3,(H,16,17)/b8-6+. The van der Waals surface area contributed by atoms with E-state index in [1.165, 1.54) is 0 Å². The van der Waals surface area contributed by atoms with Gasteiger partial charge in [-0.2, -0.15) is 0 Å². The zero-order valence-corrected chi connectivity index (χ0v) is 11.6. The second kappa shape index (κ2) is 6.45. The first kappa shape index (κ1) is 14.6. The van der Waals surface area contributed by atoms with Crippen LogP contribution in [-0.4, -0.2) is 18.2 Å². The summed E-state index contributed by atoms with van der Waals surface area (Å²) in [5.74, 6) is 0. The van der Waals surface area contributed by atoms with E-state index < -0.39 is 11.7 Å². The van der Waals surface area contributed by atoms with Gasteiger partial charge in [0.15, 0.2) is 0 Å². The van der Waals surface area contributed by atoms with Crippen LogP contribution in [0.15, 0.2) is 30.3 Å². The molecule has 0 heterocycles. The number of hydrogen-bond acceptors (Lipinski definition) is 2. The summed E-state index contributed by atoms with van der Waals surface area (Å²) in [6.45, 7) is 5.88. The Labute approximate surface area is 113 Å². The molecule has 0 atom stereocenters. The molecule has 0 fully saturated rings. The molecule has 1 aromatic rings. The molecular weight excluding hydrogens is 250 g/mol. The maximum absolute atomic E-state index is 11.3. The minimum absolute atomic E-state index is 0.403. The predicted octanol–water partition coefficient (Wildman–Crippen LogP) is 3.88. The van der Waals surface area contributed by atoms with Gasteiger partial charge in [-0.15, -0.1) is 0 Å². The molecule has 1 rings (SSSR count). The van der Waals surface area contributed by atoms with E-state index in [9.17, 15) is 4.79 Å². The Kier molecular flexibility index (Phi) is 5.23. The first-order valence-electron chi connectivity index (χ1n) is 5.76. The van der Waals surface area contributed by atoms with Gasteiger partial charge in [0.05, 0.1) is 0 Å². The van der Waals surface area contributed by atoms with Crippen molar-refractivity contribution in [2.24, 2.45) is 0 Å². The molecule has 4 heteroatoms. The lowest BCUT2D eigenvalue weighted by atomic mass is 10.2. The van der Waals surface area contributed by atoms with Crippen molar-refractivity contribution in [3.05, 3.63) is 40.9 Å². The molecule has 0 aliphatic carbocycles. The Morgan fingerprint density at radius 3 is 2.67 bits per heavy atom. The van der Waals surface area contributed by atoms with E-state index in [2.05, 4.69) is 5.32 Å². The van der Waals surface area contributed by atoms with Gasteiger partial charge in [-0.05, 0) is 32.4 Å². The maximum Gasteiger partial charge on any atom is 0.407 e. The van der Waals surface area contributed by atoms with E-state index in [0.717, 1.165) is 5.56 Å². The first-order chi connectivity index (χ1) is 8.38. The molecule has 1 aromatic carbocycles. The third kappa shape index (κ3) is 5.73. The van der Waals surface area contributed by atoms with Crippen molar-refractivity contribution in [1.82, 2.24) is 5.32 Å². The molecule has 98 valence electrons. The highest BCUT2D eigenvalue weighted by Crippen LogP contribution is 2.15. The van der Waals surface area contributed by atoms with Crippen LogP contribution in [0.4, 0.5) is 4.79 Å². The lowest BCUT2D eigenvalue weighted by Crippen LogP contribution is -2.32. The molecule has 0 unspecified atom stereocenters. The molecule has 18 heavy (non-hydrogen) atoms. The number of amides is 1. The van der Waals surface area contributed by atoms with E-state index >= 15 is 0 Å². The summed E-state index contributed by atoms with van der Waals surface area (Å²) in [4.78, 5) is 11.3. The molecule has 0 radical (unpaired) electrons. The molecule has 0 aromatic heterocycles. The highest BCUT2D eigenvalue weighted by molar-refractivity contribution is 6.32. The summed E-state index contributed by atoms with van der Waals surface area (Å²) in [7, 11) is 0. The Hall–Kier alpha value is -1.48. The number of alkyl carbamates (subject to hydrolysis) is 1. The Balaban J connectivity index is 2.38. The molecule has 0 aliphatic heterocycles. The van der Waals surface area contributed by atoms with E-state index in [-0.39, 0.29) is 0 Å². The van der Waals surface area contributed by atoms with Crippen LogP contribution in [0.5, 0.6) is 0 Å². The van der Waals surface area contributed by atoms with Crippen molar-refractivity contribution in [1.29, 1.82) is 0 Å². The Bertz CT molecular complexity index is 436. The third-order valence-corrected chi connectivity index (χ3v) is 2.31. The van der Waals surface area contributed by atoms with Gasteiger partial charge in [-0.3, -0.25) is 0 Å². The summed E-state index contributed by atoms with van der Waals surface area (Å²) >= 11 is 5.99. The number of halogens is 1. The molecular formula is C14H18ClNO2. The molecule has 0 bridgehead atoms. The van der Waals surface area contributed by atoms with E-state index in [0.29, 0.717) is 11.6 Å². The van der Waals surface area contributed by atoms with Gasteiger partial charge in [0.1, 0.15) is 5.60 Å². The zero-order chi connectivity index (χ0) is 13.6. The average molecular weight is 268 g/mol. The van der Waals surface area contributed by atoms with Crippen LogP contribution in [0, 0.1) is 0 Å². The smallest absolute Gasteiger partial charge is 0.407 e. The summed E-state index contributed by atoms with van der Waals surface area (Å²) in [5.41, 5.74) is 0.446. The lowest BCUT2D eigenvalue weighted by molar-refractivity contribution is 0.0534. The van der Waals surface area contributed by atoms with E-state index in [1.54, 1.807) is 0 Å². The number of rotatable bonds is 3. The van der Waals surface area contributed by atoms with Gasteiger partial charge in [0, 0.05) is 11.6 Å². The number of carbonyl (C=O) groups excluding carboxylic acids is 1. The van der Waals surface area contributed by atoms with Gasteiger partial charge >= 0.3 is 6.09 Å². The lowest BCUT2D eigenvalue weighted by Gasteiger charge is -2.19. The number of benzene rings is 1. The van der Waals surface area contributed by atoms with Crippen LogP contribution in [0.3, 0.4) is 0 Å². The first-order valence-corrected chi connectivity index (χ1v) is 6.14. The number of nitrogens with one attached hydrogen (secondary N) is 1. The highest BCUT2D eigenvalue weighted by atomic mass is 35.5. The van der Waals surface area contributed by atoms with Gasteiger partial charge in [0.25, 0.3) is 0 Å². The maximum atomic E-state index is 11.3. The normalized spacial score (nSPS) is 11.6. The number of carbonyl (C=O) groups is 1. The summed E-state index contributed by atoms with van der Waals surface area (Å²) in [6, 6.07) is 7.51. The third-order valence-electron chi connectivity index (χ3n) is 1.97. The van der Waals surface area contributed by atoms with E-state index in [4.69, 9.17) is 16.3 Å². The summed E-state index contributed by atoms with van der Waals surface area (Å²) in [6.07, 6.45) is 3.26. The monoisotopic (exact) mass is 267 g/mol. The molecule has 1 amide bonds. The van der Waals surface area contributed by atoms with E-state index in [1.807, 2.05) is 57.2 Å². The van der Waals surface area contributed by atoms with Crippen LogP contribution in [0.2, 0.25) is 5.02 Å². The fourth-order valence-corrected chi connectivity index (χ4v) is 1.45. The quantitative estimate of drug-likeness (QED) is 0.903.